The first-order chi connectivity index (χ1) is 7.74. The van der Waals surface area contributed by atoms with E-state index in [1.807, 2.05) is 6.07 Å². The maximum absolute atomic E-state index is 5.30. The summed E-state index contributed by atoms with van der Waals surface area (Å²) in [5, 5.41) is 7.68. The van der Waals surface area contributed by atoms with E-state index in [4.69, 9.17) is 9.15 Å². The third kappa shape index (κ3) is 1.88. The van der Waals surface area contributed by atoms with Crippen LogP contribution in [0.15, 0.2) is 16.7 Å². The van der Waals surface area contributed by atoms with Crippen molar-refractivity contribution in [2.75, 3.05) is 7.11 Å². The van der Waals surface area contributed by atoms with Crippen molar-refractivity contribution >= 4 is 0 Å². The van der Waals surface area contributed by atoms with Crippen LogP contribution < -0.4 is 4.74 Å². The van der Waals surface area contributed by atoms with Gasteiger partial charge in [0.2, 0.25) is 5.89 Å². The highest BCUT2D eigenvalue weighted by Gasteiger charge is 2.10. The van der Waals surface area contributed by atoms with Crippen LogP contribution in [0.1, 0.15) is 18.4 Å². The molecule has 0 atom stereocenters. The second-order valence-corrected chi connectivity index (χ2v) is 3.36. The fourth-order valence-corrected chi connectivity index (χ4v) is 1.44. The molecule has 0 aliphatic rings. The molecule has 16 heavy (non-hydrogen) atoms. The Morgan fingerprint density at radius 3 is 2.75 bits per heavy atom. The average molecular weight is 219 g/mol. The Morgan fingerprint density at radius 1 is 1.38 bits per heavy atom. The summed E-state index contributed by atoms with van der Waals surface area (Å²) in [7, 11) is 1.64. The van der Waals surface area contributed by atoms with Crippen molar-refractivity contribution < 1.29 is 9.15 Å². The minimum atomic E-state index is 0.415. The molecule has 2 aromatic rings. The van der Waals surface area contributed by atoms with E-state index in [1.54, 1.807) is 20.2 Å². The summed E-state index contributed by atoms with van der Waals surface area (Å²) in [5.41, 5.74) is 1.69. The highest BCUT2D eigenvalue weighted by atomic mass is 16.5. The van der Waals surface area contributed by atoms with E-state index in [2.05, 4.69) is 22.1 Å². The Balaban J connectivity index is 2.43. The SMILES string of the molecule is CCc1cnc(-c2nnc(C)o2)cc1OC. The van der Waals surface area contributed by atoms with Crippen molar-refractivity contribution in [1.82, 2.24) is 15.2 Å². The molecule has 2 heterocycles. The summed E-state index contributed by atoms with van der Waals surface area (Å²) in [4.78, 5) is 4.27. The number of nitrogens with zero attached hydrogens (tertiary/aromatic N) is 3. The molecule has 0 aliphatic heterocycles. The number of ether oxygens (including phenoxy) is 1. The lowest BCUT2D eigenvalue weighted by Crippen LogP contribution is -1.94. The van der Waals surface area contributed by atoms with Crippen LogP contribution in [-0.4, -0.2) is 22.3 Å². The Hall–Kier alpha value is -1.91. The van der Waals surface area contributed by atoms with Crippen LogP contribution in [0, 0.1) is 6.92 Å². The van der Waals surface area contributed by atoms with Gasteiger partial charge >= 0.3 is 0 Å². The predicted molar refractivity (Wildman–Crippen MR) is 58.2 cm³/mol. The number of pyridine rings is 1. The highest BCUT2D eigenvalue weighted by Crippen LogP contribution is 2.24. The summed E-state index contributed by atoms with van der Waals surface area (Å²) in [6.45, 7) is 3.80. The van der Waals surface area contributed by atoms with Crippen LogP contribution in [0.25, 0.3) is 11.6 Å². The summed E-state index contributed by atoms with van der Waals surface area (Å²) < 4.78 is 10.6. The molecule has 5 nitrogen and oxygen atoms in total. The topological polar surface area (TPSA) is 61.0 Å². The van der Waals surface area contributed by atoms with Gasteiger partial charge in [-0.2, -0.15) is 0 Å². The van der Waals surface area contributed by atoms with E-state index in [-0.39, 0.29) is 0 Å². The van der Waals surface area contributed by atoms with E-state index in [9.17, 15) is 0 Å². The zero-order valence-corrected chi connectivity index (χ0v) is 9.52. The van der Waals surface area contributed by atoms with Crippen molar-refractivity contribution in [3.05, 3.63) is 23.7 Å². The molecule has 0 aromatic carbocycles. The lowest BCUT2D eigenvalue weighted by atomic mass is 10.2. The third-order valence-electron chi connectivity index (χ3n) is 2.29. The van der Waals surface area contributed by atoms with Crippen molar-refractivity contribution in [3.8, 4) is 17.3 Å². The van der Waals surface area contributed by atoms with E-state index in [0.29, 0.717) is 17.5 Å². The monoisotopic (exact) mass is 219 g/mol. The Labute approximate surface area is 93.5 Å². The van der Waals surface area contributed by atoms with Gasteiger partial charge in [-0.05, 0) is 6.42 Å². The van der Waals surface area contributed by atoms with Gasteiger partial charge in [-0.3, -0.25) is 4.98 Å². The highest BCUT2D eigenvalue weighted by molar-refractivity contribution is 5.51. The first-order valence-corrected chi connectivity index (χ1v) is 5.08. The first-order valence-electron chi connectivity index (χ1n) is 5.08. The molecule has 2 aromatic heterocycles. The van der Waals surface area contributed by atoms with Gasteiger partial charge in [0.1, 0.15) is 11.4 Å². The molecule has 0 aliphatic carbocycles. The molecule has 0 bridgehead atoms. The van der Waals surface area contributed by atoms with Gasteiger partial charge in [0, 0.05) is 24.8 Å². The van der Waals surface area contributed by atoms with E-state index in [0.717, 1.165) is 17.7 Å². The molecule has 0 N–H and O–H groups in total. The fraction of sp³-hybridized carbons (Fsp3) is 0.364. The Bertz CT molecular complexity index is 494. The molecule has 84 valence electrons. The molecule has 2 rings (SSSR count). The predicted octanol–water partition coefficient (Wildman–Crippen LogP) is 2.01. The van der Waals surface area contributed by atoms with Gasteiger partial charge in [-0.25, -0.2) is 0 Å². The van der Waals surface area contributed by atoms with Crippen LogP contribution in [-0.2, 0) is 6.42 Å². The van der Waals surface area contributed by atoms with Crippen molar-refractivity contribution in [1.29, 1.82) is 0 Å². The minimum Gasteiger partial charge on any atom is -0.496 e. The number of aromatic nitrogens is 3. The van der Waals surface area contributed by atoms with E-state index in [1.165, 1.54) is 0 Å². The summed E-state index contributed by atoms with van der Waals surface area (Å²) in [6.07, 6.45) is 2.65. The quantitative estimate of drug-likeness (QED) is 0.790. The van der Waals surface area contributed by atoms with Crippen LogP contribution in [0.3, 0.4) is 0 Å². The smallest absolute Gasteiger partial charge is 0.266 e. The number of aryl methyl sites for hydroxylation is 2. The first kappa shape index (κ1) is 10.6. The normalized spacial score (nSPS) is 10.4. The standard InChI is InChI=1S/C11H13N3O2/c1-4-8-6-12-9(5-10(8)15-3)11-14-13-7(2)16-11/h5-6H,4H2,1-3H3. The molecule has 0 saturated heterocycles. The average Bonchev–Trinajstić information content (AvgIpc) is 2.75. The van der Waals surface area contributed by atoms with Crippen molar-refractivity contribution in [3.63, 3.8) is 0 Å². The molecule has 0 amide bonds. The molecule has 0 saturated carbocycles. The van der Waals surface area contributed by atoms with Gasteiger partial charge < -0.3 is 9.15 Å². The van der Waals surface area contributed by atoms with Gasteiger partial charge in [0.25, 0.3) is 5.89 Å². The maximum Gasteiger partial charge on any atom is 0.266 e. The van der Waals surface area contributed by atoms with Gasteiger partial charge in [0.05, 0.1) is 7.11 Å². The molecular weight excluding hydrogens is 206 g/mol. The van der Waals surface area contributed by atoms with Crippen molar-refractivity contribution in [2.24, 2.45) is 0 Å². The largest absolute Gasteiger partial charge is 0.496 e. The van der Waals surface area contributed by atoms with Crippen LogP contribution in [0.5, 0.6) is 5.75 Å². The minimum absolute atomic E-state index is 0.415. The van der Waals surface area contributed by atoms with Gasteiger partial charge in [-0.15, -0.1) is 10.2 Å². The van der Waals surface area contributed by atoms with Crippen LogP contribution in [0.4, 0.5) is 0 Å². The fourth-order valence-electron chi connectivity index (χ4n) is 1.44. The number of methoxy groups -OCH3 is 1. The van der Waals surface area contributed by atoms with E-state index < -0.39 is 0 Å². The molecule has 5 heteroatoms. The third-order valence-corrected chi connectivity index (χ3v) is 2.29. The van der Waals surface area contributed by atoms with Gasteiger partial charge in [0.15, 0.2) is 0 Å². The molecule has 0 unspecified atom stereocenters. The Kier molecular flexibility index (Phi) is 2.85. The Morgan fingerprint density at radius 2 is 2.19 bits per heavy atom. The molecule has 0 fully saturated rings. The molecule has 0 spiro atoms. The zero-order chi connectivity index (χ0) is 11.5. The van der Waals surface area contributed by atoms with Crippen LogP contribution >= 0.6 is 0 Å². The molecule has 0 radical (unpaired) electrons. The van der Waals surface area contributed by atoms with E-state index >= 15 is 0 Å². The number of rotatable bonds is 3. The second kappa shape index (κ2) is 4.30. The summed E-state index contributed by atoms with van der Waals surface area (Å²) >= 11 is 0. The van der Waals surface area contributed by atoms with Gasteiger partial charge in [-0.1, -0.05) is 6.92 Å². The summed E-state index contributed by atoms with van der Waals surface area (Å²) in [6, 6.07) is 1.81. The van der Waals surface area contributed by atoms with Crippen molar-refractivity contribution in [2.45, 2.75) is 20.3 Å². The number of hydrogen-bond acceptors (Lipinski definition) is 5. The zero-order valence-electron chi connectivity index (χ0n) is 9.52. The molecular formula is C11H13N3O2. The maximum atomic E-state index is 5.30. The van der Waals surface area contributed by atoms with Crippen LogP contribution in [0.2, 0.25) is 0 Å². The number of hydrogen-bond donors (Lipinski definition) is 0. The summed E-state index contributed by atoms with van der Waals surface area (Å²) in [5.74, 6) is 1.73. The second-order valence-electron chi connectivity index (χ2n) is 3.36. The lowest BCUT2D eigenvalue weighted by Gasteiger charge is -2.06. The lowest BCUT2D eigenvalue weighted by molar-refractivity contribution is 0.409.